The Kier molecular flexibility index (Phi) is 3.85. The van der Waals surface area contributed by atoms with Gasteiger partial charge in [-0.1, -0.05) is 35.3 Å². The Bertz CT molecular complexity index is 694. The molecule has 0 spiro atoms. The fourth-order valence-corrected chi connectivity index (χ4v) is 3.45. The highest BCUT2D eigenvalue weighted by Gasteiger charge is 2.30. The molecule has 1 nitrogen and oxygen atoms in total. The summed E-state index contributed by atoms with van der Waals surface area (Å²) in [5.41, 5.74) is 2.85. The second-order valence-electron chi connectivity index (χ2n) is 5.93. The van der Waals surface area contributed by atoms with Crippen LogP contribution in [-0.4, -0.2) is 5.60 Å². The fraction of sp³-hybridized carbons (Fsp3) is 0.294. The van der Waals surface area contributed by atoms with Crippen molar-refractivity contribution in [1.29, 1.82) is 0 Å². The molecule has 2 aromatic carbocycles. The molecular formula is C17H15Cl3O. The van der Waals surface area contributed by atoms with Crippen molar-refractivity contribution in [3.05, 3.63) is 63.1 Å². The quantitative estimate of drug-likeness (QED) is 0.605. The summed E-state index contributed by atoms with van der Waals surface area (Å²) in [6.45, 7) is 4.16. The third-order valence-corrected chi connectivity index (χ3v) is 4.68. The molecule has 2 aromatic rings. The molecule has 3 rings (SSSR count). The van der Waals surface area contributed by atoms with Crippen molar-refractivity contribution in [2.75, 3.05) is 0 Å². The molecule has 1 heterocycles. The van der Waals surface area contributed by atoms with Crippen LogP contribution in [0.15, 0.2) is 36.4 Å². The van der Waals surface area contributed by atoms with E-state index in [1.165, 1.54) is 5.56 Å². The van der Waals surface area contributed by atoms with E-state index in [2.05, 4.69) is 19.9 Å². The molecule has 0 saturated carbocycles. The van der Waals surface area contributed by atoms with Crippen molar-refractivity contribution in [2.45, 2.75) is 31.2 Å². The first-order valence-corrected chi connectivity index (χ1v) is 7.96. The van der Waals surface area contributed by atoms with Crippen molar-refractivity contribution >= 4 is 34.8 Å². The largest absolute Gasteiger partial charge is 0.487 e. The van der Waals surface area contributed by atoms with E-state index in [9.17, 15) is 0 Å². The zero-order chi connectivity index (χ0) is 15.2. The maximum Gasteiger partial charge on any atom is 0.123 e. The monoisotopic (exact) mass is 340 g/mol. The number of hydrogen-bond acceptors (Lipinski definition) is 1. The highest BCUT2D eigenvalue weighted by atomic mass is 35.5. The summed E-state index contributed by atoms with van der Waals surface area (Å²) < 4.78 is 5.89. The van der Waals surface area contributed by atoms with E-state index in [1.54, 1.807) is 12.1 Å². The van der Waals surface area contributed by atoms with E-state index in [1.807, 2.05) is 18.2 Å². The van der Waals surface area contributed by atoms with Crippen LogP contribution in [0.25, 0.3) is 0 Å². The normalized spacial score (nSPS) is 17.2. The summed E-state index contributed by atoms with van der Waals surface area (Å²) in [6, 6.07) is 11.4. The first-order valence-electron chi connectivity index (χ1n) is 6.76. The van der Waals surface area contributed by atoms with Gasteiger partial charge in [-0.3, -0.25) is 0 Å². The van der Waals surface area contributed by atoms with Crippen molar-refractivity contribution in [2.24, 2.45) is 0 Å². The van der Waals surface area contributed by atoms with Gasteiger partial charge in [0.2, 0.25) is 0 Å². The predicted octanol–water partition coefficient (Wildman–Crippen LogP) is 6.04. The van der Waals surface area contributed by atoms with Crippen molar-refractivity contribution in [1.82, 2.24) is 0 Å². The van der Waals surface area contributed by atoms with Crippen LogP contribution >= 0.6 is 34.8 Å². The average Bonchev–Trinajstić information content (AvgIpc) is 2.73. The third kappa shape index (κ3) is 3.01. The highest BCUT2D eigenvalue weighted by molar-refractivity contribution is 6.35. The lowest BCUT2D eigenvalue weighted by molar-refractivity contribution is 0.138. The molecule has 21 heavy (non-hydrogen) atoms. The van der Waals surface area contributed by atoms with Gasteiger partial charge in [0.1, 0.15) is 11.4 Å². The molecule has 1 unspecified atom stereocenters. The lowest BCUT2D eigenvalue weighted by Gasteiger charge is -2.16. The minimum Gasteiger partial charge on any atom is -0.487 e. The number of benzene rings is 2. The van der Waals surface area contributed by atoms with Crippen molar-refractivity contribution in [3.63, 3.8) is 0 Å². The standard InChI is InChI=1S/C17H15Cl3O/c1-17(2)9-11-7-10(3-6-15(11)21-17)16(20)13-8-12(18)4-5-14(13)19/h3-8,16H,9H2,1-2H3. The molecule has 1 aliphatic heterocycles. The van der Waals surface area contributed by atoms with Gasteiger partial charge in [0.15, 0.2) is 0 Å². The Hall–Kier alpha value is -0.890. The maximum atomic E-state index is 6.60. The number of ether oxygens (including phenoxy) is 1. The Labute approximate surface area is 139 Å². The van der Waals surface area contributed by atoms with E-state index in [4.69, 9.17) is 39.5 Å². The second-order valence-corrected chi connectivity index (χ2v) is 7.21. The predicted molar refractivity (Wildman–Crippen MR) is 89.0 cm³/mol. The van der Waals surface area contributed by atoms with Crippen LogP contribution < -0.4 is 4.74 Å². The van der Waals surface area contributed by atoms with E-state index in [0.717, 1.165) is 23.3 Å². The van der Waals surface area contributed by atoms with Crippen molar-refractivity contribution in [3.8, 4) is 5.75 Å². The third-order valence-electron chi connectivity index (χ3n) is 3.61. The lowest BCUT2D eigenvalue weighted by Crippen LogP contribution is -2.24. The van der Waals surface area contributed by atoms with Gasteiger partial charge < -0.3 is 4.74 Å². The molecule has 1 atom stereocenters. The first-order chi connectivity index (χ1) is 9.85. The van der Waals surface area contributed by atoms with Crippen LogP contribution in [0, 0.1) is 0 Å². The summed E-state index contributed by atoms with van der Waals surface area (Å²) in [4.78, 5) is 0. The smallest absolute Gasteiger partial charge is 0.123 e. The van der Waals surface area contributed by atoms with Gasteiger partial charge in [-0.25, -0.2) is 0 Å². The van der Waals surface area contributed by atoms with Gasteiger partial charge in [-0.05, 0) is 54.8 Å². The molecule has 0 radical (unpaired) electrons. The Morgan fingerprint density at radius 2 is 1.86 bits per heavy atom. The van der Waals surface area contributed by atoms with Gasteiger partial charge in [-0.2, -0.15) is 0 Å². The molecule has 1 aliphatic rings. The number of hydrogen-bond donors (Lipinski definition) is 0. The van der Waals surface area contributed by atoms with Gasteiger partial charge in [0.05, 0.1) is 5.38 Å². The van der Waals surface area contributed by atoms with Gasteiger partial charge in [0.25, 0.3) is 0 Å². The van der Waals surface area contributed by atoms with Crippen molar-refractivity contribution < 1.29 is 4.74 Å². The van der Waals surface area contributed by atoms with Gasteiger partial charge in [0, 0.05) is 16.5 Å². The number of fused-ring (bicyclic) bond motifs is 1. The summed E-state index contributed by atoms with van der Waals surface area (Å²) in [7, 11) is 0. The first kappa shape index (κ1) is 15.0. The molecule has 0 bridgehead atoms. The number of halogens is 3. The van der Waals surface area contributed by atoms with E-state index < -0.39 is 0 Å². The summed E-state index contributed by atoms with van der Waals surface area (Å²) in [5.74, 6) is 0.935. The maximum absolute atomic E-state index is 6.60. The van der Waals surface area contributed by atoms with Crippen LogP contribution in [0.4, 0.5) is 0 Å². The molecule has 0 saturated heterocycles. The molecular weight excluding hydrogens is 327 g/mol. The minimum absolute atomic E-state index is 0.156. The molecule has 0 aromatic heterocycles. The zero-order valence-corrected chi connectivity index (χ0v) is 14.1. The molecule has 4 heteroatoms. The topological polar surface area (TPSA) is 9.23 Å². The Morgan fingerprint density at radius 1 is 1.10 bits per heavy atom. The summed E-state index contributed by atoms with van der Waals surface area (Å²) in [5, 5.41) is 0.923. The molecule has 110 valence electrons. The van der Waals surface area contributed by atoms with Gasteiger partial charge >= 0.3 is 0 Å². The average molecular weight is 342 g/mol. The van der Waals surface area contributed by atoms with Crippen LogP contribution in [0.1, 0.15) is 35.9 Å². The highest BCUT2D eigenvalue weighted by Crippen LogP contribution is 2.40. The van der Waals surface area contributed by atoms with Crippen LogP contribution in [0.2, 0.25) is 10.0 Å². The van der Waals surface area contributed by atoms with Crippen LogP contribution in [-0.2, 0) is 6.42 Å². The molecule has 0 aliphatic carbocycles. The SMILES string of the molecule is CC1(C)Cc2cc(C(Cl)c3cc(Cl)ccc3Cl)ccc2O1. The molecule has 0 fully saturated rings. The van der Waals surface area contributed by atoms with Crippen LogP contribution in [0.3, 0.4) is 0 Å². The van der Waals surface area contributed by atoms with Crippen LogP contribution in [0.5, 0.6) is 5.75 Å². The second kappa shape index (κ2) is 5.39. The Balaban J connectivity index is 1.97. The molecule has 0 amide bonds. The summed E-state index contributed by atoms with van der Waals surface area (Å²) in [6.07, 6.45) is 0.878. The lowest BCUT2D eigenvalue weighted by atomic mass is 9.97. The Morgan fingerprint density at radius 3 is 2.62 bits per heavy atom. The van der Waals surface area contributed by atoms with Gasteiger partial charge in [-0.15, -0.1) is 11.6 Å². The van der Waals surface area contributed by atoms with E-state index >= 15 is 0 Å². The van der Waals surface area contributed by atoms with E-state index in [-0.39, 0.29) is 11.0 Å². The minimum atomic E-state index is -0.329. The van der Waals surface area contributed by atoms with E-state index in [0.29, 0.717) is 10.0 Å². The number of rotatable bonds is 2. The molecule has 0 N–H and O–H groups in total. The summed E-state index contributed by atoms with van der Waals surface area (Å²) >= 11 is 18.9. The zero-order valence-electron chi connectivity index (χ0n) is 11.8. The number of alkyl halides is 1. The fourth-order valence-electron chi connectivity index (χ4n) is 2.68.